The number of carboxylic acids is 1. The highest BCUT2D eigenvalue weighted by Crippen LogP contribution is 2.41. The van der Waals surface area contributed by atoms with Crippen LogP contribution in [0.1, 0.15) is 52.4 Å². The molecular formula is C13H23NO2. The lowest BCUT2D eigenvalue weighted by atomic mass is 9.84. The van der Waals surface area contributed by atoms with E-state index >= 15 is 0 Å². The molecule has 3 nitrogen and oxygen atoms in total. The standard InChI is InChI=1S/C13H23NO2/c1-3-9(2)14-11-7-5-4-6-10(11)8-12(14)13(15)16/h9-12H,3-8H2,1-2H3,(H,15,16). The van der Waals surface area contributed by atoms with Crippen LogP contribution >= 0.6 is 0 Å². The van der Waals surface area contributed by atoms with Crippen LogP contribution in [0.25, 0.3) is 0 Å². The number of hydrogen-bond acceptors (Lipinski definition) is 2. The van der Waals surface area contributed by atoms with E-state index in [1.807, 2.05) is 0 Å². The van der Waals surface area contributed by atoms with Crippen molar-refractivity contribution in [2.24, 2.45) is 5.92 Å². The lowest BCUT2D eigenvalue weighted by Gasteiger charge is -2.36. The maximum atomic E-state index is 11.3. The van der Waals surface area contributed by atoms with E-state index in [4.69, 9.17) is 0 Å². The van der Waals surface area contributed by atoms with Crippen LogP contribution in [0.15, 0.2) is 0 Å². The molecule has 1 N–H and O–H groups in total. The van der Waals surface area contributed by atoms with Gasteiger partial charge in [0.2, 0.25) is 0 Å². The molecule has 0 bridgehead atoms. The Morgan fingerprint density at radius 1 is 1.44 bits per heavy atom. The summed E-state index contributed by atoms with van der Waals surface area (Å²) in [5, 5.41) is 9.33. The highest BCUT2D eigenvalue weighted by Gasteiger charge is 2.46. The molecule has 1 aliphatic carbocycles. The first-order valence-electron chi connectivity index (χ1n) is 6.65. The van der Waals surface area contributed by atoms with Gasteiger partial charge < -0.3 is 5.11 Å². The summed E-state index contributed by atoms with van der Waals surface area (Å²) in [6.07, 6.45) is 6.94. The van der Waals surface area contributed by atoms with E-state index in [1.165, 1.54) is 25.7 Å². The normalized spacial score (nSPS) is 37.0. The maximum absolute atomic E-state index is 11.3. The fourth-order valence-electron chi connectivity index (χ4n) is 3.57. The van der Waals surface area contributed by atoms with E-state index in [1.54, 1.807) is 0 Å². The highest BCUT2D eigenvalue weighted by molar-refractivity contribution is 5.74. The topological polar surface area (TPSA) is 40.5 Å². The number of fused-ring (bicyclic) bond motifs is 1. The summed E-state index contributed by atoms with van der Waals surface area (Å²) >= 11 is 0. The predicted molar refractivity (Wildman–Crippen MR) is 63.4 cm³/mol. The molecule has 92 valence electrons. The van der Waals surface area contributed by atoms with Crippen molar-refractivity contribution in [1.82, 2.24) is 4.90 Å². The number of hydrogen-bond donors (Lipinski definition) is 1. The molecule has 0 radical (unpaired) electrons. The van der Waals surface area contributed by atoms with Crippen LogP contribution in [0.2, 0.25) is 0 Å². The Morgan fingerprint density at radius 2 is 2.12 bits per heavy atom. The summed E-state index contributed by atoms with van der Waals surface area (Å²) in [4.78, 5) is 13.6. The van der Waals surface area contributed by atoms with E-state index in [9.17, 15) is 9.90 Å². The summed E-state index contributed by atoms with van der Waals surface area (Å²) in [6.45, 7) is 4.33. The average Bonchev–Trinajstić information content (AvgIpc) is 2.67. The zero-order valence-corrected chi connectivity index (χ0v) is 10.4. The van der Waals surface area contributed by atoms with Crippen molar-refractivity contribution in [2.45, 2.75) is 70.5 Å². The van der Waals surface area contributed by atoms with E-state index < -0.39 is 5.97 Å². The van der Waals surface area contributed by atoms with Gasteiger partial charge in [-0.1, -0.05) is 19.8 Å². The Morgan fingerprint density at radius 3 is 2.75 bits per heavy atom. The number of carbonyl (C=O) groups is 1. The van der Waals surface area contributed by atoms with Gasteiger partial charge >= 0.3 is 5.97 Å². The number of nitrogens with zero attached hydrogens (tertiary/aromatic N) is 1. The highest BCUT2D eigenvalue weighted by atomic mass is 16.4. The molecule has 0 spiro atoms. The molecule has 2 fully saturated rings. The molecule has 1 aliphatic heterocycles. The summed E-state index contributed by atoms with van der Waals surface area (Å²) < 4.78 is 0. The van der Waals surface area contributed by atoms with Crippen LogP contribution in [-0.4, -0.2) is 34.1 Å². The summed E-state index contributed by atoms with van der Waals surface area (Å²) in [5.41, 5.74) is 0. The van der Waals surface area contributed by atoms with Crippen molar-refractivity contribution in [2.75, 3.05) is 0 Å². The predicted octanol–water partition coefficient (Wildman–Crippen LogP) is 2.50. The monoisotopic (exact) mass is 225 g/mol. The zero-order valence-electron chi connectivity index (χ0n) is 10.4. The molecular weight excluding hydrogens is 202 g/mol. The van der Waals surface area contributed by atoms with Crippen LogP contribution in [0, 0.1) is 5.92 Å². The average molecular weight is 225 g/mol. The third-order valence-electron chi connectivity index (χ3n) is 4.52. The maximum Gasteiger partial charge on any atom is 0.320 e. The van der Waals surface area contributed by atoms with Crippen molar-refractivity contribution in [3.63, 3.8) is 0 Å². The van der Waals surface area contributed by atoms with Gasteiger partial charge in [-0.15, -0.1) is 0 Å². The fourth-order valence-corrected chi connectivity index (χ4v) is 3.57. The fraction of sp³-hybridized carbons (Fsp3) is 0.923. The Bertz CT molecular complexity index is 267. The largest absolute Gasteiger partial charge is 0.480 e. The molecule has 3 heteroatoms. The molecule has 0 aromatic rings. The molecule has 1 saturated carbocycles. The molecule has 2 aliphatic rings. The molecule has 1 heterocycles. The van der Waals surface area contributed by atoms with Crippen LogP contribution < -0.4 is 0 Å². The van der Waals surface area contributed by atoms with Gasteiger partial charge in [0, 0.05) is 12.1 Å². The van der Waals surface area contributed by atoms with Crippen LogP contribution in [0.4, 0.5) is 0 Å². The van der Waals surface area contributed by atoms with Gasteiger partial charge in [0.15, 0.2) is 0 Å². The van der Waals surface area contributed by atoms with E-state index in [0.717, 1.165) is 12.8 Å². The lowest BCUT2D eigenvalue weighted by molar-refractivity contribution is -0.143. The Hall–Kier alpha value is -0.570. The van der Waals surface area contributed by atoms with Crippen molar-refractivity contribution < 1.29 is 9.90 Å². The number of likely N-dealkylation sites (tertiary alicyclic amines) is 1. The quantitative estimate of drug-likeness (QED) is 0.802. The molecule has 4 atom stereocenters. The molecule has 1 saturated heterocycles. The van der Waals surface area contributed by atoms with Gasteiger partial charge in [-0.2, -0.15) is 0 Å². The first-order chi connectivity index (χ1) is 7.65. The minimum Gasteiger partial charge on any atom is -0.480 e. The Labute approximate surface area is 97.8 Å². The number of carboxylic acid groups (broad SMARTS) is 1. The second-order valence-corrected chi connectivity index (χ2v) is 5.41. The molecule has 2 rings (SSSR count). The third-order valence-corrected chi connectivity index (χ3v) is 4.52. The summed E-state index contributed by atoms with van der Waals surface area (Å²) in [7, 11) is 0. The minimum atomic E-state index is -0.616. The first-order valence-corrected chi connectivity index (χ1v) is 6.65. The van der Waals surface area contributed by atoms with Crippen molar-refractivity contribution >= 4 is 5.97 Å². The third kappa shape index (κ3) is 1.97. The van der Waals surface area contributed by atoms with Gasteiger partial charge in [-0.05, 0) is 38.5 Å². The van der Waals surface area contributed by atoms with Gasteiger partial charge in [-0.3, -0.25) is 9.69 Å². The number of aliphatic carboxylic acids is 1. The van der Waals surface area contributed by atoms with Crippen LogP contribution in [0.5, 0.6) is 0 Å². The molecule has 0 aromatic heterocycles. The minimum absolute atomic E-state index is 0.219. The number of rotatable bonds is 3. The second kappa shape index (κ2) is 4.74. The van der Waals surface area contributed by atoms with Gasteiger partial charge in [-0.25, -0.2) is 0 Å². The van der Waals surface area contributed by atoms with E-state index in [2.05, 4.69) is 18.7 Å². The van der Waals surface area contributed by atoms with Gasteiger partial charge in [0.05, 0.1) is 0 Å². The van der Waals surface area contributed by atoms with Crippen molar-refractivity contribution in [3.8, 4) is 0 Å². The van der Waals surface area contributed by atoms with E-state index in [-0.39, 0.29) is 6.04 Å². The second-order valence-electron chi connectivity index (χ2n) is 5.41. The molecule has 16 heavy (non-hydrogen) atoms. The molecule has 0 amide bonds. The SMILES string of the molecule is CCC(C)N1C(C(=O)O)CC2CCCCC21. The van der Waals surface area contributed by atoms with E-state index in [0.29, 0.717) is 18.0 Å². The van der Waals surface area contributed by atoms with Crippen molar-refractivity contribution in [3.05, 3.63) is 0 Å². The lowest BCUT2D eigenvalue weighted by Crippen LogP contribution is -2.47. The zero-order chi connectivity index (χ0) is 11.7. The van der Waals surface area contributed by atoms with Crippen LogP contribution in [-0.2, 0) is 4.79 Å². The Balaban J connectivity index is 2.17. The first kappa shape index (κ1) is 11.9. The van der Waals surface area contributed by atoms with Gasteiger partial charge in [0.25, 0.3) is 0 Å². The molecule has 4 unspecified atom stereocenters. The van der Waals surface area contributed by atoms with Crippen molar-refractivity contribution in [1.29, 1.82) is 0 Å². The molecule has 0 aromatic carbocycles. The summed E-state index contributed by atoms with van der Waals surface area (Å²) in [6, 6.07) is 0.738. The smallest absolute Gasteiger partial charge is 0.320 e. The summed E-state index contributed by atoms with van der Waals surface area (Å²) in [5.74, 6) is 0.0264. The van der Waals surface area contributed by atoms with Gasteiger partial charge in [0.1, 0.15) is 6.04 Å². The Kier molecular flexibility index (Phi) is 3.53. The van der Waals surface area contributed by atoms with Crippen LogP contribution in [0.3, 0.4) is 0 Å².